The van der Waals surface area contributed by atoms with E-state index >= 15 is 0 Å². The van der Waals surface area contributed by atoms with E-state index in [1.165, 1.54) is 77.8 Å². The quantitative estimate of drug-likeness (QED) is 0.819. The first-order valence-corrected chi connectivity index (χ1v) is 8.57. The first-order chi connectivity index (χ1) is 9.38. The molecule has 0 aromatic rings. The van der Waals surface area contributed by atoms with Gasteiger partial charge in [-0.2, -0.15) is 0 Å². The predicted molar refractivity (Wildman–Crippen MR) is 80.5 cm³/mol. The molecule has 0 radical (unpaired) electrons. The fourth-order valence-electron chi connectivity index (χ4n) is 4.57. The van der Waals surface area contributed by atoms with Crippen LogP contribution in [0.2, 0.25) is 0 Å². The van der Waals surface area contributed by atoms with Crippen LogP contribution in [-0.4, -0.2) is 61.2 Å². The summed E-state index contributed by atoms with van der Waals surface area (Å²) in [5, 5.41) is 3.58. The van der Waals surface area contributed by atoms with Gasteiger partial charge in [-0.05, 0) is 70.6 Å². The molecule has 0 aliphatic carbocycles. The molecule has 3 unspecified atom stereocenters. The summed E-state index contributed by atoms with van der Waals surface area (Å²) in [4.78, 5) is 5.61. The lowest BCUT2D eigenvalue weighted by molar-refractivity contribution is 0.128. The normalized spacial score (nSPS) is 36.0. The van der Waals surface area contributed by atoms with E-state index in [0.29, 0.717) is 0 Å². The number of hydrogen-bond acceptors (Lipinski definition) is 3. The molecule has 0 spiro atoms. The zero-order valence-electron chi connectivity index (χ0n) is 12.6. The van der Waals surface area contributed by atoms with Gasteiger partial charge in [-0.1, -0.05) is 6.92 Å². The largest absolute Gasteiger partial charge is 0.316 e. The van der Waals surface area contributed by atoms with Crippen molar-refractivity contribution < 1.29 is 0 Å². The van der Waals surface area contributed by atoms with Crippen molar-refractivity contribution in [2.75, 3.05) is 39.3 Å². The summed E-state index contributed by atoms with van der Waals surface area (Å²) in [7, 11) is 0. The number of nitrogens with zero attached hydrogens (tertiary/aromatic N) is 2. The van der Waals surface area contributed by atoms with Crippen LogP contribution in [0.25, 0.3) is 0 Å². The van der Waals surface area contributed by atoms with E-state index in [1.807, 2.05) is 0 Å². The van der Waals surface area contributed by atoms with E-state index in [0.717, 1.165) is 18.0 Å². The summed E-state index contributed by atoms with van der Waals surface area (Å²) in [6.45, 7) is 10.2. The van der Waals surface area contributed by atoms with Gasteiger partial charge in [-0.15, -0.1) is 0 Å². The maximum absolute atomic E-state index is 3.58. The molecule has 3 saturated heterocycles. The summed E-state index contributed by atoms with van der Waals surface area (Å²) in [5.74, 6) is 0.899. The van der Waals surface area contributed by atoms with Crippen LogP contribution in [0, 0.1) is 5.92 Å². The lowest BCUT2D eigenvalue weighted by atomic mass is 9.96. The molecular weight excluding hydrogens is 234 g/mol. The first kappa shape index (κ1) is 13.8. The Morgan fingerprint density at radius 3 is 2.89 bits per heavy atom. The minimum absolute atomic E-state index is 0.865. The Balaban J connectivity index is 1.59. The topological polar surface area (TPSA) is 18.5 Å². The van der Waals surface area contributed by atoms with Gasteiger partial charge in [0.05, 0.1) is 0 Å². The Morgan fingerprint density at radius 1 is 1.16 bits per heavy atom. The molecule has 0 bridgehead atoms. The van der Waals surface area contributed by atoms with Gasteiger partial charge >= 0.3 is 0 Å². The summed E-state index contributed by atoms with van der Waals surface area (Å²) in [6.07, 6.45) is 8.44. The van der Waals surface area contributed by atoms with Crippen molar-refractivity contribution in [2.45, 2.75) is 57.5 Å². The van der Waals surface area contributed by atoms with Crippen molar-refractivity contribution in [1.29, 1.82) is 0 Å². The van der Waals surface area contributed by atoms with Crippen molar-refractivity contribution in [3.8, 4) is 0 Å². The fourth-order valence-corrected chi connectivity index (χ4v) is 4.57. The number of fused-ring (bicyclic) bond motifs is 1. The molecular formula is C16H31N3. The van der Waals surface area contributed by atoms with Gasteiger partial charge in [0.25, 0.3) is 0 Å². The van der Waals surface area contributed by atoms with Gasteiger partial charge in [0.15, 0.2) is 0 Å². The number of piperidine rings is 1. The van der Waals surface area contributed by atoms with Gasteiger partial charge in [-0.3, -0.25) is 9.80 Å². The van der Waals surface area contributed by atoms with Crippen LogP contribution in [0.3, 0.4) is 0 Å². The number of hydrogen-bond donors (Lipinski definition) is 1. The van der Waals surface area contributed by atoms with E-state index in [1.54, 1.807) is 0 Å². The molecule has 3 aliphatic heterocycles. The van der Waals surface area contributed by atoms with Crippen LogP contribution in [-0.2, 0) is 0 Å². The van der Waals surface area contributed by atoms with E-state index in [2.05, 4.69) is 22.0 Å². The molecule has 110 valence electrons. The maximum atomic E-state index is 3.58. The third kappa shape index (κ3) is 3.14. The molecule has 3 heterocycles. The second-order valence-electron chi connectivity index (χ2n) is 6.81. The smallest absolute Gasteiger partial charge is 0.0263 e. The Labute approximate surface area is 118 Å². The molecule has 3 heteroatoms. The summed E-state index contributed by atoms with van der Waals surface area (Å²) >= 11 is 0. The average Bonchev–Trinajstić information content (AvgIpc) is 3.02. The van der Waals surface area contributed by atoms with E-state index in [4.69, 9.17) is 0 Å². The second-order valence-corrected chi connectivity index (χ2v) is 6.81. The molecule has 0 amide bonds. The van der Waals surface area contributed by atoms with E-state index in [-0.39, 0.29) is 0 Å². The van der Waals surface area contributed by atoms with Gasteiger partial charge in [0, 0.05) is 25.2 Å². The van der Waals surface area contributed by atoms with Crippen LogP contribution in [0.15, 0.2) is 0 Å². The third-order valence-electron chi connectivity index (χ3n) is 5.44. The summed E-state index contributed by atoms with van der Waals surface area (Å²) in [5.41, 5.74) is 0. The van der Waals surface area contributed by atoms with Gasteiger partial charge < -0.3 is 5.32 Å². The Bertz CT molecular complexity index is 275. The van der Waals surface area contributed by atoms with E-state index in [9.17, 15) is 0 Å². The van der Waals surface area contributed by atoms with Crippen LogP contribution in [0.1, 0.15) is 45.4 Å². The molecule has 0 aromatic heterocycles. The zero-order valence-corrected chi connectivity index (χ0v) is 12.6. The number of nitrogens with one attached hydrogen (secondary N) is 1. The monoisotopic (exact) mass is 265 g/mol. The standard InChI is InChI=1S/C16H31N3/c1-2-9-19(13-14-5-3-8-17-12-14)16-7-11-18-10-4-6-15(16)18/h14-17H,2-13H2,1H3. The van der Waals surface area contributed by atoms with Crippen molar-refractivity contribution >= 4 is 0 Å². The van der Waals surface area contributed by atoms with Gasteiger partial charge in [0.2, 0.25) is 0 Å². The summed E-state index contributed by atoms with van der Waals surface area (Å²) in [6, 6.07) is 1.76. The predicted octanol–water partition coefficient (Wildman–Crippen LogP) is 1.93. The highest BCUT2D eigenvalue weighted by Crippen LogP contribution is 2.32. The minimum Gasteiger partial charge on any atom is -0.316 e. The van der Waals surface area contributed by atoms with Crippen molar-refractivity contribution in [3.05, 3.63) is 0 Å². The molecule has 1 N–H and O–H groups in total. The molecule has 0 saturated carbocycles. The molecule has 19 heavy (non-hydrogen) atoms. The Hall–Kier alpha value is -0.120. The lowest BCUT2D eigenvalue weighted by Gasteiger charge is -2.36. The maximum Gasteiger partial charge on any atom is 0.0263 e. The Kier molecular flexibility index (Phi) is 4.78. The SMILES string of the molecule is CCCN(CC1CCCNC1)C1CCN2CCCC12. The third-order valence-corrected chi connectivity index (χ3v) is 5.44. The molecule has 3 atom stereocenters. The van der Waals surface area contributed by atoms with Crippen molar-refractivity contribution in [3.63, 3.8) is 0 Å². The second kappa shape index (κ2) is 6.55. The van der Waals surface area contributed by atoms with Crippen LogP contribution in [0.4, 0.5) is 0 Å². The van der Waals surface area contributed by atoms with Crippen LogP contribution in [0.5, 0.6) is 0 Å². The van der Waals surface area contributed by atoms with Crippen LogP contribution < -0.4 is 5.32 Å². The molecule has 3 rings (SSSR count). The highest BCUT2D eigenvalue weighted by atomic mass is 15.3. The highest BCUT2D eigenvalue weighted by molar-refractivity contribution is 4.97. The molecule has 3 fully saturated rings. The lowest BCUT2D eigenvalue weighted by Crippen LogP contribution is -2.47. The van der Waals surface area contributed by atoms with Crippen molar-refractivity contribution in [1.82, 2.24) is 15.1 Å². The minimum atomic E-state index is 0.865. The Morgan fingerprint density at radius 2 is 2.11 bits per heavy atom. The van der Waals surface area contributed by atoms with Crippen molar-refractivity contribution in [2.24, 2.45) is 5.92 Å². The summed E-state index contributed by atoms with van der Waals surface area (Å²) < 4.78 is 0. The van der Waals surface area contributed by atoms with Gasteiger partial charge in [-0.25, -0.2) is 0 Å². The van der Waals surface area contributed by atoms with E-state index < -0.39 is 0 Å². The molecule has 3 nitrogen and oxygen atoms in total. The van der Waals surface area contributed by atoms with Gasteiger partial charge in [0.1, 0.15) is 0 Å². The molecule has 0 aromatic carbocycles. The fraction of sp³-hybridized carbons (Fsp3) is 1.00. The number of rotatable bonds is 5. The highest BCUT2D eigenvalue weighted by Gasteiger charge is 2.40. The first-order valence-electron chi connectivity index (χ1n) is 8.57. The molecule has 3 aliphatic rings. The van der Waals surface area contributed by atoms with Crippen LogP contribution >= 0.6 is 0 Å². The zero-order chi connectivity index (χ0) is 13.1. The average molecular weight is 265 g/mol.